The van der Waals surface area contributed by atoms with Crippen LogP contribution >= 0.6 is 0 Å². The van der Waals surface area contributed by atoms with Crippen LogP contribution in [0.2, 0.25) is 0 Å². The van der Waals surface area contributed by atoms with Crippen LogP contribution in [-0.2, 0) is 11.2 Å². The molecule has 2 aliphatic heterocycles. The summed E-state index contributed by atoms with van der Waals surface area (Å²) in [7, 11) is 0. The van der Waals surface area contributed by atoms with Crippen molar-refractivity contribution < 1.29 is 14.3 Å². The lowest BCUT2D eigenvalue weighted by atomic mass is 10.1. The summed E-state index contributed by atoms with van der Waals surface area (Å²) in [6.45, 7) is 1.89. The van der Waals surface area contributed by atoms with Gasteiger partial charge in [-0.25, -0.2) is 0 Å². The summed E-state index contributed by atoms with van der Waals surface area (Å²) in [6.07, 6.45) is 2.82. The highest BCUT2D eigenvalue weighted by Crippen LogP contribution is 2.32. The van der Waals surface area contributed by atoms with Crippen LogP contribution in [0.25, 0.3) is 0 Å². The van der Waals surface area contributed by atoms with E-state index in [-0.39, 0.29) is 11.9 Å². The minimum absolute atomic E-state index is 0.00301. The predicted octanol–water partition coefficient (Wildman–Crippen LogP) is 0.826. The Labute approximate surface area is 112 Å². The summed E-state index contributed by atoms with van der Waals surface area (Å²) < 4.78 is 10.6. The highest BCUT2D eigenvalue weighted by atomic mass is 16.7. The fourth-order valence-corrected chi connectivity index (χ4v) is 2.46. The molecule has 0 aliphatic carbocycles. The van der Waals surface area contributed by atoms with E-state index in [1.165, 1.54) is 0 Å². The molecule has 0 spiro atoms. The molecule has 1 fully saturated rings. The second kappa shape index (κ2) is 5.48. The molecule has 2 N–H and O–H groups in total. The lowest BCUT2D eigenvalue weighted by Crippen LogP contribution is -2.41. The monoisotopic (exact) mass is 262 g/mol. The molecular weight excluding hydrogens is 244 g/mol. The van der Waals surface area contributed by atoms with Crippen LogP contribution < -0.4 is 20.1 Å². The number of carbonyl (C=O) groups excluding carboxylic acids is 1. The Morgan fingerprint density at radius 1 is 1.37 bits per heavy atom. The molecule has 19 heavy (non-hydrogen) atoms. The Morgan fingerprint density at radius 3 is 3.11 bits per heavy atom. The van der Waals surface area contributed by atoms with Gasteiger partial charge in [-0.2, -0.15) is 0 Å². The van der Waals surface area contributed by atoms with Crippen molar-refractivity contribution in [2.45, 2.75) is 25.3 Å². The highest BCUT2D eigenvalue weighted by Gasteiger charge is 2.21. The van der Waals surface area contributed by atoms with E-state index >= 15 is 0 Å². The SMILES string of the molecule is O=C(NCCc1ccc2c(c1)OCO2)C1CCCN1. The minimum Gasteiger partial charge on any atom is -0.454 e. The summed E-state index contributed by atoms with van der Waals surface area (Å²) >= 11 is 0. The fourth-order valence-electron chi connectivity index (χ4n) is 2.46. The van der Waals surface area contributed by atoms with E-state index in [2.05, 4.69) is 10.6 Å². The first-order valence-electron chi connectivity index (χ1n) is 6.72. The Morgan fingerprint density at radius 2 is 2.26 bits per heavy atom. The number of nitrogens with one attached hydrogen (secondary N) is 2. The summed E-state index contributed by atoms with van der Waals surface area (Å²) in [5, 5.41) is 6.16. The summed E-state index contributed by atoms with van der Waals surface area (Å²) in [4.78, 5) is 11.8. The Hall–Kier alpha value is -1.75. The molecule has 102 valence electrons. The van der Waals surface area contributed by atoms with E-state index in [0.717, 1.165) is 42.9 Å². The van der Waals surface area contributed by atoms with Gasteiger partial charge in [-0.15, -0.1) is 0 Å². The number of hydrogen-bond acceptors (Lipinski definition) is 4. The van der Waals surface area contributed by atoms with E-state index in [0.29, 0.717) is 13.3 Å². The topological polar surface area (TPSA) is 59.6 Å². The van der Waals surface area contributed by atoms with Gasteiger partial charge in [0, 0.05) is 6.54 Å². The molecule has 0 radical (unpaired) electrons. The van der Waals surface area contributed by atoms with Crippen molar-refractivity contribution in [1.82, 2.24) is 10.6 Å². The number of ether oxygens (including phenoxy) is 2. The largest absolute Gasteiger partial charge is 0.454 e. The van der Waals surface area contributed by atoms with Gasteiger partial charge < -0.3 is 20.1 Å². The Kier molecular flexibility index (Phi) is 3.55. The van der Waals surface area contributed by atoms with E-state index in [1.54, 1.807) is 0 Å². The third-order valence-corrected chi connectivity index (χ3v) is 3.53. The number of fused-ring (bicyclic) bond motifs is 1. The van der Waals surface area contributed by atoms with Crippen molar-refractivity contribution in [2.24, 2.45) is 0 Å². The van der Waals surface area contributed by atoms with Crippen LogP contribution in [0.5, 0.6) is 11.5 Å². The van der Waals surface area contributed by atoms with Gasteiger partial charge in [-0.1, -0.05) is 6.07 Å². The lowest BCUT2D eigenvalue weighted by Gasteiger charge is -2.11. The number of carbonyl (C=O) groups is 1. The van der Waals surface area contributed by atoms with Crippen LogP contribution in [0, 0.1) is 0 Å². The number of benzene rings is 1. The summed E-state index contributed by atoms with van der Waals surface area (Å²) in [5.74, 6) is 1.70. The summed E-state index contributed by atoms with van der Waals surface area (Å²) in [5.41, 5.74) is 1.14. The van der Waals surface area contributed by atoms with E-state index in [1.807, 2.05) is 18.2 Å². The molecule has 1 aromatic rings. The van der Waals surface area contributed by atoms with Crippen LogP contribution in [0.3, 0.4) is 0 Å². The van der Waals surface area contributed by atoms with Crippen molar-refractivity contribution in [3.63, 3.8) is 0 Å². The smallest absolute Gasteiger partial charge is 0.237 e. The van der Waals surface area contributed by atoms with Crippen molar-refractivity contribution in [3.8, 4) is 11.5 Å². The summed E-state index contributed by atoms with van der Waals surface area (Å²) in [6, 6.07) is 5.89. The highest BCUT2D eigenvalue weighted by molar-refractivity contribution is 5.81. The maximum absolute atomic E-state index is 11.8. The third kappa shape index (κ3) is 2.81. The predicted molar refractivity (Wildman–Crippen MR) is 70.3 cm³/mol. The second-order valence-corrected chi connectivity index (χ2v) is 4.88. The third-order valence-electron chi connectivity index (χ3n) is 3.53. The maximum Gasteiger partial charge on any atom is 0.237 e. The maximum atomic E-state index is 11.8. The molecule has 1 saturated heterocycles. The van der Waals surface area contributed by atoms with Gasteiger partial charge in [0.2, 0.25) is 12.7 Å². The van der Waals surface area contributed by atoms with Gasteiger partial charge in [0.1, 0.15) is 0 Å². The molecule has 3 rings (SSSR count). The van der Waals surface area contributed by atoms with E-state index in [9.17, 15) is 4.79 Å². The van der Waals surface area contributed by atoms with E-state index in [4.69, 9.17) is 9.47 Å². The molecule has 1 amide bonds. The van der Waals surface area contributed by atoms with E-state index < -0.39 is 0 Å². The lowest BCUT2D eigenvalue weighted by molar-refractivity contribution is -0.122. The zero-order valence-corrected chi connectivity index (χ0v) is 10.8. The molecule has 2 heterocycles. The number of amides is 1. The first-order chi connectivity index (χ1) is 9.33. The van der Waals surface area contributed by atoms with Gasteiger partial charge in [0.15, 0.2) is 11.5 Å². The van der Waals surface area contributed by atoms with Crippen molar-refractivity contribution in [3.05, 3.63) is 23.8 Å². The second-order valence-electron chi connectivity index (χ2n) is 4.88. The number of rotatable bonds is 4. The Bertz CT molecular complexity index is 470. The molecule has 0 bridgehead atoms. The van der Waals surface area contributed by atoms with Crippen molar-refractivity contribution >= 4 is 5.91 Å². The van der Waals surface area contributed by atoms with Gasteiger partial charge in [-0.3, -0.25) is 4.79 Å². The molecule has 1 aromatic carbocycles. The molecule has 1 atom stereocenters. The van der Waals surface area contributed by atoms with Crippen LogP contribution in [-0.4, -0.2) is 31.8 Å². The first kappa shape index (κ1) is 12.3. The molecule has 0 aromatic heterocycles. The number of hydrogen-bond donors (Lipinski definition) is 2. The average Bonchev–Trinajstić information content (AvgIpc) is 3.09. The zero-order chi connectivity index (χ0) is 13.1. The molecule has 5 nitrogen and oxygen atoms in total. The van der Waals surface area contributed by atoms with Gasteiger partial charge in [0.25, 0.3) is 0 Å². The van der Waals surface area contributed by atoms with Gasteiger partial charge in [-0.05, 0) is 43.5 Å². The van der Waals surface area contributed by atoms with Gasteiger partial charge >= 0.3 is 0 Å². The molecular formula is C14H18N2O3. The molecule has 2 aliphatic rings. The molecule has 1 unspecified atom stereocenters. The van der Waals surface area contributed by atoms with Gasteiger partial charge in [0.05, 0.1) is 6.04 Å². The molecule has 5 heteroatoms. The molecule has 0 saturated carbocycles. The quantitative estimate of drug-likeness (QED) is 0.843. The van der Waals surface area contributed by atoms with Crippen LogP contribution in [0.1, 0.15) is 18.4 Å². The zero-order valence-electron chi connectivity index (χ0n) is 10.8. The Balaban J connectivity index is 1.48. The normalized spacial score (nSPS) is 20.5. The van der Waals surface area contributed by atoms with Crippen molar-refractivity contribution in [1.29, 1.82) is 0 Å². The van der Waals surface area contributed by atoms with Crippen LogP contribution in [0.15, 0.2) is 18.2 Å². The standard InChI is InChI=1S/C14H18N2O3/c17-14(11-2-1-6-15-11)16-7-5-10-3-4-12-13(8-10)19-9-18-12/h3-4,8,11,15H,1-2,5-7,9H2,(H,16,17). The van der Waals surface area contributed by atoms with Crippen molar-refractivity contribution in [2.75, 3.05) is 19.9 Å². The average molecular weight is 262 g/mol. The first-order valence-corrected chi connectivity index (χ1v) is 6.72. The minimum atomic E-state index is -0.00301. The van der Waals surface area contributed by atoms with Crippen LogP contribution in [0.4, 0.5) is 0 Å². The fraction of sp³-hybridized carbons (Fsp3) is 0.500.